The van der Waals surface area contributed by atoms with Crippen LogP contribution in [-0.2, 0) is 12.2 Å². The highest BCUT2D eigenvalue weighted by Crippen LogP contribution is 2.19. The summed E-state index contributed by atoms with van der Waals surface area (Å²) in [6.45, 7) is 0. The van der Waals surface area contributed by atoms with Crippen LogP contribution in [0, 0.1) is 0 Å². The van der Waals surface area contributed by atoms with Crippen LogP contribution in [0.4, 0.5) is 0 Å². The number of thiocarbonyl (C=S) groups is 1. The van der Waals surface area contributed by atoms with Crippen LogP contribution in [0.25, 0.3) is 11.5 Å². The maximum absolute atomic E-state index is 5.40. The molecule has 1 aromatic carbocycles. The van der Waals surface area contributed by atoms with E-state index in [1.165, 1.54) is 0 Å². The summed E-state index contributed by atoms with van der Waals surface area (Å²) in [6, 6.07) is 7.71. The smallest absolute Gasteiger partial charge is 0.247 e. The first-order valence-corrected chi connectivity index (χ1v) is 6.29. The molecule has 2 aromatic rings. The topological polar surface area (TPSA) is 77.0 Å². The Hall–Kier alpha value is -1.44. The first kappa shape index (κ1) is 13.0. The molecule has 0 spiro atoms. The quantitative estimate of drug-likeness (QED) is 0.341. The van der Waals surface area contributed by atoms with Crippen molar-refractivity contribution in [3.63, 3.8) is 0 Å². The lowest BCUT2D eigenvalue weighted by atomic mass is 10.1. The van der Waals surface area contributed by atoms with Gasteiger partial charge in [0.15, 0.2) is 0 Å². The lowest BCUT2D eigenvalue weighted by molar-refractivity contribution is 0.529. The van der Waals surface area contributed by atoms with Gasteiger partial charge in [-0.05, 0) is 17.7 Å². The minimum absolute atomic E-state index is 0.432. The maximum Gasteiger partial charge on any atom is 0.247 e. The van der Waals surface area contributed by atoms with Gasteiger partial charge >= 0.3 is 0 Å². The highest BCUT2D eigenvalue weighted by molar-refractivity contribution is 7.80. The molecule has 2 rings (SSSR count). The Balaban J connectivity index is 2.14. The second-order valence-corrected chi connectivity index (χ2v) is 4.41. The Morgan fingerprint density at radius 2 is 2.06 bits per heavy atom. The van der Waals surface area contributed by atoms with Gasteiger partial charge in [0.25, 0.3) is 0 Å². The first-order chi connectivity index (χ1) is 8.72. The number of aromatic nitrogens is 2. The van der Waals surface area contributed by atoms with Crippen LogP contribution in [0.3, 0.4) is 0 Å². The van der Waals surface area contributed by atoms with Crippen molar-refractivity contribution in [1.82, 2.24) is 15.6 Å². The van der Waals surface area contributed by atoms with Crippen LogP contribution < -0.4 is 11.3 Å². The number of thiol groups is 1. The van der Waals surface area contributed by atoms with Crippen LogP contribution >= 0.6 is 24.8 Å². The fourth-order valence-corrected chi connectivity index (χ4v) is 1.73. The van der Waals surface area contributed by atoms with Crippen LogP contribution in [0.5, 0.6) is 0 Å². The van der Waals surface area contributed by atoms with Crippen molar-refractivity contribution in [1.29, 1.82) is 0 Å². The number of hydrogen-bond donors (Lipinski definition) is 3. The molecule has 0 saturated carbocycles. The molecule has 7 heteroatoms. The Bertz CT molecular complexity index is 538. The van der Waals surface area contributed by atoms with Gasteiger partial charge in [-0.3, -0.25) is 5.84 Å². The van der Waals surface area contributed by atoms with E-state index in [1.807, 2.05) is 24.3 Å². The molecule has 0 aliphatic carbocycles. The van der Waals surface area contributed by atoms with Crippen molar-refractivity contribution >= 4 is 29.8 Å². The molecule has 0 radical (unpaired) electrons. The number of nitrogens with two attached hydrogens (primary N) is 1. The molecule has 1 aromatic heterocycles. The van der Waals surface area contributed by atoms with Gasteiger partial charge < -0.3 is 9.84 Å². The molecule has 0 amide bonds. The number of nitrogens with one attached hydrogen (secondary N) is 1. The number of rotatable bonds is 4. The molecule has 0 fully saturated rings. The van der Waals surface area contributed by atoms with E-state index >= 15 is 0 Å². The zero-order chi connectivity index (χ0) is 13.0. The molecule has 0 aliphatic heterocycles. The lowest BCUT2D eigenvalue weighted by Crippen LogP contribution is -2.29. The minimum Gasteiger partial charge on any atom is -0.420 e. The molecule has 0 atom stereocenters. The monoisotopic (exact) mass is 280 g/mol. The van der Waals surface area contributed by atoms with Crippen molar-refractivity contribution in [2.75, 3.05) is 0 Å². The van der Waals surface area contributed by atoms with E-state index < -0.39 is 0 Å². The molecule has 3 N–H and O–H groups in total. The molecule has 5 nitrogen and oxygen atoms in total. The molecular weight excluding hydrogens is 268 g/mol. The molecule has 0 unspecified atom stereocenters. The SMILES string of the molecule is NNC(=S)Cc1ccc(-c2nnc(CS)o2)cc1. The largest absolute Gasteiger partial charge is 0.420 e. The summed E-state index contributed by atoms with van der Waals surface area (Å²) >= 11 is 9.07. The predicted octanol–water partition coefficient (Wildman–Crippen LogP) is 1.50. The molecular formula is C11H12N4OS2. The maximum atomic E-state index is 5.40. The average Bonchev–Trinajstić information content (AvgIpc) is 2.88. The Morgan fingerprint density at radius 1 is 1.33 bits per heavy atom. The lowest BCUT2D eigenvalue weighted by Gasteiger charge is -2.03. The van der Waals surface area contributed by atoms with Gasteiger partial charge in [-0.25, -0.2) is 0 Å². The van der Waals surface area contributed by atoms with Crippen LogP contribution in [-0.4, -0.2) is 15.2 Å². The van der Waals surface area contributed by atoms with E-state index in [2.05, 4.69) is 28.3 Å². The molecule has 0 aliphatic rings. The van der Waals surface area contributed by atoms with Crippen molar-refractivity contribution in [2.45, 2.75) is 12.2 Å². The summed E-state index contributed by atoms with van der Waals surface area (Å²) in [5.41, 5.74) is 4.38. The highest BCUT2D eigenvalue weighted by Gasteiger charge is 2.07. The average molecular weight is 280 g/mol. The van der Waals surface area contributed by atoms with E-state index in [1.54, 1.807) is 0 Å². The number of hydrazine groups is 1. The van der Waals surface area contributed by atoms with Gasteiger partial charge in [0, 0.05) is 12.0 Å². The fourth-order valence-electron chi connectivity index (χ4n) is 1.44. The third-order valence-corrected chi connectivity index (χ3v) is 2.86. The zero-order valence-corrected chi connectivity index (χ0v) is 11.2. The van der Waals surface area contributed by atoms with Gasteiger partial charge in [-0.2, -0.15) is 12.6 Å². The molecule has 0 bridgehead atoms. The molecule has 18 heavy (non-hydrogen) atoms. The molecule has 94 valence electrons. The highest BCUT2D eigenvalue weighted by atomic mass is 32.1. The molecule has 0 saturated heterocycles. The first-order valence-electron chi connectivity index (χ1n) is 5.25. The second kappa shape index (κ2) is 5.94. The predicted molar refractivity (Wildman–Crippen MR) is 76.0 cm³/mol. The van der Waals surface area contributed by atoms with Gasteiger partial charge in [-0.1, -0.05) is 24.4 Å². The summed E-state index contributed by atoms with van der Waals surface area (Å²) in [4.78, 5) is 0.595. The van der Waals surface area contributed by atoms with Crippen molar-refractivity contribution in [2.24, 2.45) is 5.84 Å². The summed E-state index contributed by atoms with van der Waals surface area (Å²) < 4.78 is 5.40. The fraction of sp³-hybridized carbons (Fsp3) is 0.182. The third kappa shape index (κ3) is 3.06. The summed E-state index contributed by atoms with van der Waals surface area (Å²) in [5, 5.41) is 7.80. The van der Waals surface area contributed by atoms with Gasteiger partial charge in [0.1, 0.15) is 0 Å². The van der Waals surface area contributed by atoms with Crippen molar-refractivity contribution in [3.05, 3.63) is 35.7 Å². The second-order valence-electron chi connectivity index (χ2n) is 3.60. The Labute approximate surface area is 115 Å². The van der Waals surface area contributed by atoms with Crippen LogP contribution in [0.1, 0.15) is 11.5 Å². The normalized spacial score (nSPS) is 10.3. The van der Waals surface area contributed by atoms with E-state index in [0.717, 1.165) is 11.1 Å². The van der Waals surface area contributed by atoms with Crippen molar-refractivity contribution in [3.8, 4) is 11.5 Å². The van der Waals surface area contributed by atoms with Gasteiger partial charge in [-0.15, -0.1) is 10.2 Å². The number of benzene rings is 1. The van der Waals surface area contributed by atoms with Gasteiger partial charge in [0.2, 0.25) is 11.8 Å². The summed E-state index contributed by atoms with van der Waals surface area (Å²) in [6.07, 6.45) is 0.609. The standard InChI is InChI=1S/C11H12N4OS2/c12-13-10(18)5-7-1-3-8(4-2-7)11-15-14-9(6-17)16-11/h1-4,17H,5-6,12H2,(H,13,18). The van der Waals surface area contributed by atoms with E-state index in [-0.39, 0.29) is 0 Å². The zero-order valence-electron chi connectivity index (χ0n) is 9.46. The summed E-state index contributed by atoms with van der Waals surface area (Å²) in [5.74, 6) is 6.66. The molecule has 1 heterocycles. The number of nitrogens with zero attached hydrogens (tertiary/aromatic N) is 2. The van der Waals surface area contributed by atoms with Crippen LogP contribution in [0.15, 0.2) is 28.7 Å². The Morgan fingerprint density at radius 3 is 2.61 bits per heavy atom. The number of hydrogen-bond acceptors (Lipinski definition) is 6. The Kier molecular flexibility index (Phi) is 4.29. The minimum atomic E-state index is 0.432. The van der Waals surface area contributed by atoms with Gasteiger partial charge in [0.05, 0.1) is 10.7 Å². The van der Waals surface area contributed by atoms with Crippen molar-refractivity contribution < 1.29 is 4.42 Å². The van der Waals surface area contributed by atoms with Crippen LogP contribution in [0.2, 0.25) is 0 Å². The summed E-state index contributed by atoms with van der Waals surface area (Å²) in [7, 11) is 0. The third-order valence-electron chi connectivity index (χ3n) is 2.33. The van der Waals surface area contributed by atoms with E-state index in [4.69, 9.17) is 22.5 Å². The van der Waals surface area contributed by atoms with E-state index in [0.29, 0.717) is 28.9 Å². The van der Waals surface area contributed by atoms with E-state index in [9.17, 15) is 0 Å².